The minimum absolute atomic E-state index is 0.500. The molecule has 4 N–H and O–H groups in total. The van der Waals surface area contributed by atoms with Crippen LogP contribution in [0.3, 0.4) is 0 Å². The van der Waals surface area contributed by atoms with Crippen LogP contribution >= 0.6 is 0 Å². The van der Waals surface area contributed by atoms with Crippen molar-refractivity contribution in [3.63, 3.8) is 0 Å². The molecule has 1 aliphatic rings. The van der Waals surface area contributed by atoms with Crippen LogP contribution in [0.15, 0.2) is 48.7 Å². The van der Waals surface area contributed by atoms with Crippen molar-refractivity contribution in [1.82, 2.24) is 20.4 Å². The van der Waals surface area contributed by atoms with Gasteiger partial charge in [0.05, 0.1) is 17.8 Å². The van der Waals surface area contributed by atoms with E-state index in [2.05, 4.69) is 62.9 Å². The molecule has 0 bridgehead atoms. The molecule has 0 amide bonds. The molecule has 4 rings (SSSR count). The summed E-state index contributed by atoms with van der Waals surface area (Å²) >= 11 is 0. The molecule has 1 fully saturated rings. The molecule has 136 valence electrons. The molecule has 0 spiro atoms. The first-order chi connectivity index (χ1) is 12.8. The second-order valence-corrected chi connectivity index (χ2v) is 7.01. The number of nitrogens with two attached hydrogens (primary N) is 1. The summed E-state index contributed by atoms with van der Waals surface area (Å²) in [6.07, 6.45) is 4.28. The molecule has 26 heavy (non-hydrogen) atoms. The summed E-state index contributed by atoms with van der Waals surface area (Å²) in [5.74, 6) is 0. The smallest absolute Gasteiger partial charge is 0.0691 e. The third-order valence-corrected chi connectivity index (χ3v) is 5.19. The topological polar surface area (TPSA) is 67.9 Å². The molecular formula is C21H27N5. The normalized spacial score (nSPS) is 15.6. The van der Waals surface area contributed by atoms with Crippen molar-refractivity contribution < 1.29 is 0 Å². The molecule has 0 radical (unpaired) electrons. The van der Waals surface area contributed by atoms with Gasteiger partial charge in [-0.1, -0.05) is 36.4 Å². The third kappa shape index (κ3) is 3.65. The van der Waals surface area contributed by atoms with E-state index < -0.39 is 0 Å². The van der Waals surface area contributed by atoms with Gasteiger partial charge in [-0.25, -0.2) is 0 Å². The van der Waals surface area contributed by atoms with Crippen LogP contribution < -0.4 is 16.4 Å². The highest BCUT2D eigenvalue weighted by Crippen LogP contribution is 2.28. The number of rotatable bonds is 6. The molecule has 2 heterocycles. The number of nitrogens with zero attached hydrogens (tertiary/aromatic N) is 2. The molecule has 5 nitrogen and oxygen atoms in total. The van der Waals surface area contributed by atoms with Crippen molar-refractivity contribution in [2.75, 3.05) is 26.2 Å². The monoisotopic (exact) mass is 349 g/mol. The summed E-state index contributed by atoms with van der Waals surface area (Å²) in [5, 5.41) is 12.7. The van der Waals surface area contributed by atoms with Crippen LogP contribution in [0.5, 0.6) is 0 Å². The van der Waals surface area contributed by atoms with Gasteiger partial charge in [0.1, 0.15) is 0 Å². The number of benzene rings is 2. The molecular weight excluding hydrogens is 322 g/mol. The first-order valence-electron chi connectivity index (χ1n) is 9.53. The average Bonchev–Trinajstić information content (AvgIpc) is 3.13. The van der Waals surface area contributed by atoms with Gasteiger partial charge in [0, 0.05) is 25.0 Å². The Morgan fingerprint density at radius 2 is 1.85 bits per heavy atom. The molecule has 1 aromatic heterocycles. The van der Waals surface area contributed by atoms with Gasteiger partial charge in [0.2, 0.25) is 0 Å². The van der Waals surface area contributed by atoms with E-state index in [1.165, 1.54) is 27.6 Å². The van der Waals surface area contributed by atoms with Gasteiger partial charge in [-0.15, -0.1) is 0 Å². The van der Waals surface area contributed by atoms with Crippen molar-refractivity contribution in [3.05, 3.63) is 54.2 Å². The lowest BCUT2D eigenvalue weighted by Gasteiger charge is -2.23. The van der Waals surface area contributed by atoms with Gasteiger partial charge in [-0.2, -0.15) is 5.10 Å². The Morgan fingerprint density at radius 1 is 1.08 bits per heavy atom. The van der Waals surface area contributed by atoms with Crippen molar-refractivity contribution >= 4 is 10.9 Å². The Labute approximate surface area is 154 Å². The molecule has 0 unspecified atom stereocenters. The van der Waals surface area contributed by atoms with E-state index in [1.807, 2.05) is 6.20 Å². The number of hydrogen-bond acceptors (Lipinski definition) is 4. The highest BCUT2D eigenvalue weighted by molar-refractivity contribution is 5.84. The maximum absolute atomic E-state index is 5.52. The fourth-order valence-corrected chi connectivity index (χ4v) is 3.71. The van der Waals surface area contributed by atoms with Crippen LogP contribution in [0.1, 0.15) is 24.4 Å². The summed E-state index contributed by atoms with van der Waals surface area (Å²) in [7, 11) is 0. The van der Waals surface area contributed by atoms with Gasteiger partial charge in [0.25, 0.3) is 0 Å². The Hall–Kier alpha value is -2.21. The third-order valence-electron chi connectivity index (χ3n) is 5.19. The lowest BCUT2D eigenvalue weighted by Crippen LogP contribution is -2.29. The zero-order chi connectivity index (χ0) is 17.8. The molecule has 2 aromatic carbocycles. The zero-order valence-corrected chi connectivity index (χ0v) is 15.1. The fraction of sp³-hybridized carbons (Fsp3) is 0.381. The predicted octanol–water partition coefficient (Wildman–Crippen LogP) is 2.68. The Kier molecular flexibility index (Phi) is 5.29. The second kappa shape index (κ2) is 7.99. The number of hydrogen-bond donors (Lipinski definition) is 3. The van der Waals surface area contributed by atoms with Gasteiger partial charge in [0.15, 0.2) is 0 Å². The number of aromatic nitrogens is 2. The molecule has 1 aliphatic heterocycles. The Morgan fingerprint density at radius 3 is 2.62 bits per heavy atom. The summed E-state index contributed by atoms with van der Waals surface area (Å²) in [4.78, 5) is 0. The summed E-state index contributed by atoms with van der Waals surface area (Å²) in [5.41, 5.74) is 10.5. The van der Waals surface area contributed by atoms with Gasteiger partial charge < -0.3 is 16.4 Å². The lowest BCUT2D eigenvalue weighted by molar-refractivity contribution is 0.351. The number of fused-ring (bicyclic) bond motifs is 1. The molecule has 5 heteroatoms. The molecule has 1 saturated heterocycles. The summed E-state index contributed by atoms with van der Waals surface area (Å²) in [6.45, 7) is 4.53. The molecule has 0 saturated carbocycles. The highest BCUT2D eigenvalue weighted by Gasteiger charge is 2.17. The zero-order valence-electron chi connectivity index (χ0n) is 15.1. The Balaban J connectivity index is 1.58. The van der Waals surface area contributed by atoms with Crippen molar-refractivity contribution in [2.24, 2.45) is 5.73 Å². The van der Waals surface area contributed by atoms with Crippen molar-refractivity contribution in [2.45, 2.75) is 25.4 Å². The summed E-state index contributed by atoms with van der Waals surface area (Å²) < 4.78 is 2.23. The maximum Gasteiger partial charge on any atom is 0.0691 e. The minimum atomic E-state index is 0.500. The van der Waals surface area contributed by atoms with E-state index in [0.717, 1.165) is 39.0 Å². The minimum Gasteiger partial charge on any atom is -0.329 e. The van der Waals surface area contributed by atoms with Crippen LogP contribution in [0.4, 0.5) is 0 Å². The van der Waals surface area contributed by atoms with Crippen LogP contribution in [-0.4, -0.2) is 36.0 Å². The van der Waals surface area contributed by atoms with Crippen LogP contribution in [0.2, 0.25) is 0 Å². The van der Waals surface area contributed by atoms with Crippen LogP contribution in [0, 0.1) is 0 Å². The van der Waals surface area contributed by atoms with Crippen LogP contribution in [-0.2, 0) is 6.54 Å². The average molecular weight is 349 g/mol. The van der Waals surface area contributed by atoms with E-state index in [-0.39, 0.29) is 0 Å². The number of piperidine rings is 1. The van der Waals surface area contributed by atoms with Crippen molar-refractivity contribution in [3.8, 4) is 11.1 Å². The van der Waals surface area contributed by atoms with Gasteiger partial charge in [-0.3, -0.25) is 4.68 Å². The maximum atomic E-state index is 5.52. The molecule has 3 aromatic rings. The number of nitrogens with one attached hydrogen (secondary N) is 2. The first kappa shape index (κ1) is 17.2. The van der Waals surface area contributed by atoms with E-state index in [4.69, 9.17) is 5.73 Å². The highest BCUT2D eigenvalue weighted by atomic mass is 15.3. The SMILES string of the molecule is NCCNCc1ccc(-c2ccc3cnn(C4CCNCC4)c3c2)cc1. The van der Waals surface area contributed by atoms with Crippen molar-refractivity contribution in [1.29, 1.82) is 0 Å². The van der Waals surface area contributed by atoms with E-state index in [9.17, 15) is 0 Å². The van der Waals surface area contributed by atoms with Gasteiger partial charge >= 0.3 is 0 Å². The lowest BCUT2D eigenvalue weighted by atomic mass is 10.0. The van der Waals surface area contributed by atoms with Crippen LogP contribution in [0.25, 0.3) is 22.0 Å². The predicted molar refractivity (Wildman–Crippen MR) is 107 cm³/mol. The van der Waals surface area contributed by atoms with E-state index in [1.54, 1.807) is 0 Å². The summed E-state index contributed by atoms with van der Waals surface area (Å²) in [6, 6.07) is 15.9. The van der Waals surface area contributed by atoms with E-state index in [0.29, 0.717) is 12.6 Å². The molecule has 0 aliphatic carbocycles. The Bertz CT molecular complexity index is 846. The largest absolute Gasteiger partial charge is 0.329 e. The quantitative estimate of drug-likeness (QED) is 0.599. The molecule has 0 atom stereocenters. The van der Waals surface area contributed by atoms with Gasteiger partial charge in [-0.05, 0) is 48.7 Å². The second-order valence-electron chi connectivity index (χ2n) is 7.01. The fourth-order valence-electron chi connectivity index (χ4n) is 3.71. The standard InChI is InChI=1S/C21H27N5/c22-9-12-24-14-16-1-3-17(4-2-16)18-5-6-19-15-25-26(21(19)13-18)20-7-10-23-11-8-20/h1-6,13,15,20,23-24H,7-12,14,22H2. The van der Waals surface area contributed by atoms with E-state index >= 15 is 0 Å². The first-order valence-corrected chi connectivity index (χ1v) is 9.53.